The molecule has 0 spiro atoms. The van der Waals surface area contributed by atoms with Gasteiger partial charge in [0.05, 0.1) is 5.92 Å². The molecule has 1 aromatic rings. The highest BCUT2D eigenvalue weighted by atomic mass is 19.1. The third-order valence-electron chi connectivity index (χ3n) is 2.94. The van der Waals surface area contributed by atoms with Crippen LogP contribution < -0.4 is 0 Å². The van der Waals surface area contributed by atoms with Gasteiger partial charge < -0.3 is 9.47 Å². The van der Waals surface area contributed by atoms with Gasteiger partial charge in [0.25, 0.3) is 0 Å². The van der Waals surface area contributed by atoms with Crippen molar-refractivity contribution in [1.82, 2.24) is 0 Å². The van der Waals surface area contributed by atoms with Crippen LogP contribution >= 0.6 is 0 Å². The van der Waals surface area contributed by atoms with Crippen LogP contribution in [-0.2, 0) is 15.9 Å². The predicted molar refractivity (Wildman–Crippen MR) is 55.7 cm³/mol. The molecular weight excluding hydrogens is 211 g/mol. The van der Waals surface area contributed by atoms with Gasteiger partial charge in [-0.15, -0.1) is 0 Å². The molecule has 1 atom stereocenters. The van der Waals surface area contributed by atoms with E-state index in [9.17, 15) is 9.18 Å². The number of fused-ring (bicyclic) bond motifs is 1. The largest absolute Gasteiger partial charge is 0.355 e. The molecule has 2 rings (SSSR count). The van der Waals surface area contributed by atoms with Crippen molar-refractivity contribution < 1.29 is 18.7 Å². The smallest absolute Gasteiger partial charge is 0.171 e. The normalized spacial score (nSPS) is 19.2. The van der Waals surface area contributed by atoms with Gasteiger partial charge in [-0.1, -0.05) is 12.1 Å². The average molecular weight is 224 g/mol. The first kappa shape index (κ1) is 11.2. The van der Waals surface area contributed by atoms with E-state index in [0.29, 0.717) is 17.5 Å². The van der Waals surface area contributed by atoms with Gasteiger partial charge in [-0.25, -0.2) is 4.39 Å². The molecule has 0 aliphatic heterocycles. The minimum atomic E-state index is -0.612. The standard InChI is InChI=1S/C12H13FO3/c1-15-12(16-2)9-6-8-7(11(9)14)4-3-5-10(8)13/h3-5,9,12H,6H2,1-2H3. The summed E-state index contributed by atoms with van der Waals surface area (Å²) in [4.78, 5) is 12.0. The number of halogens is 1. The number of benzene rings is 1. The van der Waals surface area contributed by atoms with Gasteiger partial charge in [-0.2, -0.15) is 0 Å². The van der Waals surface area contributed by atoms with Crippen LogP contribution in [0.5, 0.6) is 0 Å². The summed E-state index contributed by atoms with van der Waals surface area (Å²) in [5.41, 5.74) is 0.917. The monoisotopic (exact) mass is 224 g/mol. The van der Waals surface area contributed by atoms with E-state index >= 15 is 0 Å². The van der Waals surface area contributed by atoms with Crippen molar-refractivity contribution in [2.45, 2.75) is 12.7 Å². The fourth-order valence-electron chi connectivity index (χ4n) is 2.15. The van der Waals surface area contributed by atoms with Crippen LogP contribution in [0.4, 0.5) is 4.39 Å². The molecule has 0 aromatic heterocycles. The minimum Gasteiger partial charge on any atom is -0.355 e. The molecule has 1 aromatic carbocycles. The van der Waals surface area contributed by atoms with Crippen molar-refractivity contribution in [3.63, 3.8) is 0 Å². The van der Waals surface area contributed by atoms with Crippen LogP contribution in [0.15, 0.2) is 18.2 Å². The van der Waals surface area contributed by atoms with Gasteiger partial charge in [0.15, 0.2) is 12.1 Å². The number of hydrogen-bond acceptors (Lipinski definition) is 3. The summed E-state index contributed by atoms with van der Waals surface area (Å²) in [6.45, 7) is 0. The molecule has 1 aliphatic carbocycles. The number of rotatable bonds is 3. The Balaban J connectivity index is 2.34. The highest BCUT2D eigenvalue weighted by Crippen LogP contribution is 2.31. The van der Waals surface area contributed by atoms with Crippen LogP contribution in [0.3, 0.4) is 0 Å². The van der Waals surface area contributed by atoms with Gasteiger partial charge in [0.1, 0.15) is 5.82 Å². The second kappa shape index (κ2) is 4.31. The van der Waals surface area contributed by atoms with E-state index < -0.39 is 12.2 Å². The predicted octanol–water partition coefficient (Wildman–Crippen LogP) is 1.80. The summed E-state index contributed by atoms with van der Waals surface area (Å²) in [7, 11) is 2.95. The first-order valence-electron chi connectivity index (χ1n) is 5.06. The van der Waals surface area contributed by atoms with Crippen LogP contribution in [-0.4, -0.2) is 26.3 Å². The molecule has 0 saturated heterocycles. The Hall–Kier alpha value is -1.26. The van der Waals surface area contributed by atoms with E-state index in [0.717, 1.165) is 0 Å². The Bertz CT molecular complexity index is 413. The number of methoxy groups -OCH3 is 2. The van der Waals surface area contributed by atoms with Gasteiger partial charge in [-0.3, -0.25) is 4.79 Å². The summed E-state index contributed by atoms with van der Waals surface area (Å²) in [5, 5.41) is 0. The van der Waals surface area contributed by atoms with E-state index in [4.69, 9.17) is 9.47 Å². The maximum absolute atomic E-state index is 13.5. The summed E-state index contributed by atoms with van der Waals surface area (Å²) >= 11 is 0. The molecule has 0 fully saturated rings. The molecule has 1 unspecified atom stereocenters. The average Bonchev–Trinajstić information content (AvgIpc) is 2.61. The number of carbonyl (C=O) groups excluding carboxylic acids is 1. The van der Waals surface area contributed by atoms with E-state index in [1.165, 1.54) is 20.3 Å². The van der Waals surface area contributed by atoms with Crippen molar-refractivity contribution in [1.29, 1.82) is 0 Å². The zero-order chi connectivity index (χ0) is 11.7. The third-order valence-corrected chi connectivity index (χ3v) is 2.94. The lowest BCUT2D eigenvalue weighted by atomic mass is 10.0. The molecule has 86 valence electrons. The number of hydrogen-bond donors (Lipinski definition) is 0. The molecule has 0 saturated carbocycles. The van der Waals surface area contributed by atoms with Gasteiger partial charge in [0.2, 0.25) is 0 Å². The first-order valence-corrected chi connectivity index (χ1v) is 5.06. The molecule has 0 heterocycles. The second-order valence-electron chi connectivity index (χ2n) is 3.78. The van der Waals surface area contributed by atoms with E-state index in [-0.39, 0.29) is 11.6 Å². The van der Waals surface area contributed by atoms with Gasteiger partial charge in [-0.05, 0) is 18.1 Å². The highest BCUT2D eigenvalue weighted by Gasteiger charge is 2.38. The number of carbonyl (C=O) groups is 1. The van der Waals surface area contributed by atoms with E-state index in [1.54, 1.807) is 12.1 Å². The Kier molecular flexibility index (Phi) is 3.03. The number of ketones is 1. The lowest BCUT2D eigenvalue weighted by molar-refractivity contribution is -0.125. The fourth-order valence-corrected chi connectivity index (χ4v) is 2.15. The zero-order valence-electron chi connectivity index (χ0n) is 9.20. The summed E-state index contributed by atoms with van der Waals surface area (Å²) in [5.74, 6) is -0.885. The molecular formula is C12H13FO3. The van der Waals surface area contributed by atoms with Crippen LogP contribution in [0, 0.1) is 11.7 Å². The van der Waals surface area contributed by atoms with E-state index in [2.05, 4.69) is 0 Å². The number of Topliss-reactive ketones (excluding diaryl/α,β-unsaturated/α-hetero) is 1. The molecule has 0 N–H and O–H groups in total. The quantitative estimate of drug-likeness (QED) is 0.734. The SMILES string of the molecule is COC(OC)C1Cc2c(F)cccc2C1=O. The molecule has 3 nitrogen and oxygen atoms in total. The zero-order valence-corrected chi connectivity index (χ0v) is 9.20. The highest BCUT2D eigenvalue weighted by molar-refractivity contribution is 6.02. The Morgan fingerprint density at radius 1 is 1.38 bits per heavy atom. The van der Waals surface area contributed by atoms with Crippen molar-refractivity contribution >= 4 is 5.78 Å². The molecule has 1 aliphatic rings. The lowest BCUT2D eigenvalue weighted by Gasteiger charge is -2.18. The topological polar surface area (TPSA) is 35.5 Å². The lowest BCUT2D eigenvalue weighted by Crippen LogP contribution is -2.29. The summed E-state index contributed by atoms with van der Waals surface area (Å²) in [6, 6.07) is 4.55. The minimum absolute atomic E-state index is 0.108. The molecule has 0 radical (unpaired) electrons. The van der Waals surface area contributed by atoms with Crippen molar-refractivity contribution in [3.05, 3.63) is 35.1 Å². The van der Waals surface area contributed by atoms with Gasteiger partial charge >= 0.3 is 0 Å². The Labute approximate surface area is 93.2 Å². The Morgan fingerprint density at radius 2 is 2.06 bits per heavy atom. The second-order valence-corrected chi connectivity index (χ2v) is 3.78. The molecule has 16 heavy (non-hydrogen) atoms. The van der Waals surface area contributed by atoms with Gasteiger partial charge in [0, 0.05) is 19.8 Å². The van der Waals surface area contributed by atoms with Crippen LogP contribution in [0.1, 0.15) is 15.9 Å². The van der Waals surface area contributed by atoms with Crippen molar-refractivity contribution in [3.8, 4) is 0 Å². The van der Waals surface area contributed by atoms with Crippen molar-refractivity contribution in [2.24, 2.45) is 5.92 Å². The van der Waals surface area contributed by atoms with Crippen LogP contribution in [0.25, 0.3) is 0 Å². The first-order chi connectivity index (χ1) is 7.69. The van der Waals surface area contributed by atoms with Crippen molar-refractivity contribution in [2.75, 3.05) is 14.2 Å². The summed E-state index contributed by atoms with van der Waals surface area (Å²) < 4.78 is 23.6. The Morgan fingerprint density at radius 3 is 2.62 bits per heavy atom. The third kappa shape index (κ3) is 1.64. The molecule has 4 heteroatoms. The maximum atomic E-state index is 13.5. The molecule has 0 amide bonds. The fraction of sp³-hybridized carbons (Fsp3) is 0.417. The summed E-state index contributed by atoms with van der Waals surface area (Å²) in [6.07, 6.45) is -0.271. The molecule has 0 bridgehead atoms. The maximum Gasteiger partial charge on any atom is 0.171 e. The number of ether oxygens (including phenoxy) is 2. The van der Waals surface area contributed by atoms with Crippen LogP contribution in [0.2, 0.25) is 0 Å². The van der Waals surface area contributed by atoms with E-state index in [1.807, 2.05) is 0 Å².